The van der Waals surface area contributed by atoms with E-state index in [-0.39, 0.29) is 22.3 Å². The molecule has 0 amide bonds. The van der Waals surface area contributed by atoms with Gasteiger partial charge in [0.25, 0.3) is 0 Å². The fourth-order valence-electron chi connectivity index (χ4n) is 4.22. The lowest BCUT2D eigenvalue weighted by molar-refractivity contribution is 0.000174. The van der Waals surface area contributed by atoms with Gasteiger partial charge >= 0.3 is 0 Å². The number of rotatable bonds is 0. The topological polar surface area (TPSA) is 18.5 Å². The maximum absolute atomic E-state index is 5.39. The third-order valence-electron chi connectivity index (χ3n) is 7.26. The van der Waals surface area contributed by atoms with Gasteiger partial charge in [-0.2, -0.15) is 0 Å². The summed E-state index contributed by atoms with van der Waals surface area (Å²) in [6.07, 6.45) is 19.1. The van der Waals surface area contributed by atoms with Crippen molar-refractivity contribution < 1.29 is 9.47 Å². The van der Waals surface area contributed by atoms with Gasteiger partial charge in [-0.1, -0.05) is 73.3 Å². The summed E-state index contributed by atoms with van der Waals surface area (Å²) >= 11 is 0. The first-order chi connectivity index (χ1) is 15.2. The van der Waals surface area contributed by atoms with E-state index in [1.54, 1.807) is 11.1 Å². The van der Waals surface area contributed by atoms with Crippen LogP contribution in [0.3, 0.4) is 0 Å². The standard InChI is InChI=1S/2C8H14.2C7H14O.3CH4/c2*1-7-3-5-8(2)6-4-7;2*1-6-3-4-7(2)8-5-6;;;/h2*3,8H,4-6H2,1-2H3;2*6-7H,3-5H2,1-2H3;3*1H4. The van der Waals surface area contributed by atoms with Gasteiger partial charge < -0.3 is 9.47 Å². The van der Waals surface area contributed by atoms with E-state index in [9.17, 15) is 0 Å². The van der Waals surface area contributed by atoms with Crippen molar-refractivity contribution in [3.63, 3.8) is 0 Å². The first-order valence-corrected chi connectivity index (χ1v) is 13.7. The van der Waals surface area contributed by atoms with E-state index >= 15 is 0 Å². The van der Waals surface area contributed by atoms with Crippen molar-refractivity contribution in [1.29, 1.82) is 0 Å². The average molecular weight is 497 g/mol. The lowest BCUT2D eigenvalue weighted by Crippen LogP contribution is -2.21. The van der Waals surface area contributed by atoms with Gasteiger partial charge in [0.15, 0.2) is 0 Å². The zero-order valence-corrected chi connectivity index (χ0v) is 22.9. The Morgan fingerprint density at radius 3 is 1.03 bits per heavy atom. The summed E-state index contributed by atoms with van der Waals surface area (Å²) in [7, 11) is 0. The Bertz CT molecular complexity index is 451. The normalized spacial score (nSPS) is 31.8. The maximum Gasteiger partial charge on any atom is 0.0547 e. The highest BCUT2D eigenvalue weighted by molar-refractivity contribution is 5.02. The Morgan fingerprint density at radius 2 is 0.857 bits per heavy atom. The van der Waals surface area contributed by atoms with E-state index in [4.69, 9.17) is 9.47 Å². The molecule has 2 heterocycles. The van der Waals surface area contributed by atoms with Crippen LogP contribution in [-0.2, 0) is 9.47 Å². The molecule has 0 bridgehead atoms. The van der Waals surface area contributed by atoms with Crippen LogP contribution in [0.2, 0.25) is 0 Å². The molecule has 0 aromatic rings. The third-order valence-corrected chi connectivity index (χ3v) is 7.26. The van der Waals surface area contributed by atoms with Gasteiger partial charge in [0.2, 0.25) is 0 Å². The third kappa shape index (κ3) is 21.2. The number of hydrogen-bond donors (Lipinski definition) is 0. The highest BCUT2D eigenvalue weighted by Crippen LogP contribution is 2.22. The molecule has 0 aromatic heterocycles. The summed E-state index contributed by atoms with van der Waals surface area (Å²) in [5, 5.41) is 0. The monoisotopic (exact) mass is 497 g/mol. The SMILES string of the molecule is C.C.C.CC1=CCC(C)CC1.CC1=CCC(C)CC1.CC1CCC(C)OC1.CC1CCC(C)OC1. The second kappa shape index (κ2) is 22.6. The Morgan fingerprint density at radius 1 is 0.514 bits per heavy atom. The van der Waals surface area contributed by atoms with Crippen LogP contribution in [0.15, 0.2) is 23.3 Å². The van der Waals surface area contributed by atoms with Crippen molar-refractivity contribution in [2.75, 3.05) is 13.2 Å². The Kier molecular flexibility index (Phi) is 25.1. The molecule has 6 unspecified atom stereocenters. The van der Waals surface area contributed by atoms with Crippen LogP contribution in [0, 0.1) is 23.7 Å². The summed E-state index contributed by atoms with van der Waals surface area (Å²) in [5.74, 6) is 3.48. The number of allylic oxidation sites excluding steroid dienone is 4. The van der Waals surface area contributed by atoms with E-state index in [1.807, 2.05) is 0 Å². The predicted octanol–water partition coefficient (Wildman–Crippen LogP) is 11.1. The molecule has 0 radical (unpaired) electrons. The van der Waals surface area contributed by atoms with Gasteiger partial charge in [0.05, 0.1) is 12.2 Å². The van der Waals surface area contributed by atoms with Gasteiger partial charge in [-0.15, -0.1) is 0 Å². The van der Waals surface area contributed by atoms with Crippen LogP contribution in [0.25, 0.3) is 0 Å². The lowest BCUT2D eigenvalue weighted by Gasteiger charge is -2.23. The predicted molar refractivity (Wildman–Crippen MR) is 161 cm³/mol. The molecule has 2 aliphatic carbocycles. The van der Waals surface area contributed by atoms with Crippen LogP contribution in [0.5, 0.6) is 0 Å². The minimum atomic E-state index is 0. The van der Waals surface area contributed by atoms with Crippen molar-refractivity contribution in [2.24, 2.45) is 23.7 Å². The van der Waals surface area contributed by atoms with Crippen LogP contribution in [0.4, 0.5) is 0 Å². The summed E-state index contributed by atoms with van der Waals surface area (Å²) in [6, 6.07) is 0. The van der Waals surface area contributed by atoms with Crippen LogP contribution >= 0.6 is 0 Å². The molecule has 0 aromatic carbocycles. The molecule has 0 saturated carbocycles. The molecule has 4 aliphatic rings. The number of ether oxygens (including phenoxy) is 2. The van der Waals surface area contributed by atoms with E-state index < -0.39 is 0 Å². The summed E-state index contributed by atoms with van der Waals surface area (Å²) in [5.41, 5.74) is 3.17. The first-order valence-electron chi connectivity index (χ1n) is 13.7. The smallest absolute Gasteiger partial charge is 0.0547 e. The zero-order chi connectivity index (χ0) is 23.9. The first kappa shape index (κ1) is 38.9. The van der Waals surface area contributed by atoms with Gasteiger partial charge in [-0.25, -0.2) is 0 Å². The van der Waals surface area contributed by atoms with Gasteiger partial charge in [-0.05, 0) is 116 Å². The minimum Gasteiger partial charge on any atom is -0.378 e. The maximum atomic E-state index is 5.39. The van der Waals surface area contributed by atoms with Crippen LogP contribution in [0.1, 0.15) is 142 Å². The molecule has 2 heteroatoms. The fraction of sp³-hybridized carbons (Fsp3) is 0.879. The molecular weight excluding hydrogens is 428 g/mol. The van der Waals surface area contributed by atoms with Crippen molar-refractivity contribution in [3.05, 3.63) is 23.3 Å². The van der Waals surface area contributed by atoms with E-state index in [0.29, 0.717) is 12.2 Å². The molecule has 2 fully saturated rings. The molecule has 4 rings (SSSR count). The van der Waals surface area contributed by atoms with E-state index in [1.165, 1.54) is 64.2 Å². The Hall–Kier alpha value is -0.600. The second-order valence-electron chi connectivity index (χ2n) is 11.5. The molecule has 212 valence electrons. The van der Waals surface area contributed by atoms with E-state index in [0.717, 1.165) is 36.9 Å². The van der Waals surface area contributed by atoms with E-state index in [2.05, 4.69) is 67.5 Å². The highest BCUT2D eigenvalue weighted by atomic mass is 16.5. The van der Waals surface area contributed by atoms with Crippen molar-refractivity contribution in [3.8, 4) is 0 Å². The average Bonchev–Trinajstić information content (AvgIpc) is 2.78. The highest BCUT2D eigenvalue weighted by Gasteiger charge is 2.14. The molecule has 2 saturated heterocycles. The molecule has 0 spiro atoms. The largest absolute Gasteiger partial charge is 0.378 e. The zero-order valence-electron chi connectivity index (χ0n) is 22.9. The second-order valence-corrected chi connectivity index (χ2v) is 11.5. The van der Waals surface area contributed by atoms with Gasteiger partial charge in [-0.3, -0.25) is 0 Å². The molecule has 2 nitrogen and oxygen atoms in total. The Labute approximate surface area is 223 Å². The summed E-state index contributed by atoms with van der Waals surface area (Å²) < 4.78 is 10.8. The number of hydrogen-bond acceptors (Lipinski definition) is 2. The van der Waals surface area contributed by atoms with Crippen molar-refractivity contribution >= 4 is 0 Å². The fourth-order valence-corrected chi connectivity index (χ4v) is 4.22. The molecule has 6 atom stereocenters. The molecular formula is C33H68O2. The van der Waals surface area contributed by atoms with Crippen LogP contribution < -0.4 is 0 Å². The Balaban J connectivity index is -0.000000379. The minimum absolute atomic E-state index is 0. The molecule has 2 aliphatic heterocycles. The van der Waals surface area contributed by atoms with Crippen molar-refractivity contribution in [1.82, 2.24) is 0 Å². The summed E-state index contributed by atoms with van der Waals surface area (Å²) in [6.45, 7) is 19.8. The van der Waals surface area contributed by atoms with Gasteiger partial charge in [0, 0.05) is 13.2 Å². The molecule has 35 heavy (non-hydrogen) atoms. The lowest BCUT2D eigenvalue weighted by atomic mass is 9.92. The van der Waals surface area contributed by atoms with Crippen molar-refractivity contribution in [2.45, 2.75) is 154 Å². The van der Waals surface area contributed by atoms with Crippen LogP contribution in [-0.4, -0.2) is 25.4 Å². The quantitative estimate of drug-likeness (QED) is 0.310. The summed E-state index contributed by atoms with van der Waals surface area (Å²) in [4.78, 5) is 0. The van der Waals surface area contributed by atoms with Gasteiger partial charge in [0.1, 0.15) is 0 Å². The molecule has 0 N–H and O–H groups in total.